The lowest BCUT2D eigenvalue weighted by Gasteiger charge is -2.29. The molecule has 3 atom stereocenters. The number of aromatic amines is 1. The first-order valence-corrected chi connectivity index (χ1v) is 11.9. The third kappa shape index (κ3) is 3.59. The zero-order valence-corrected chi connectivity index (χ0v) is 18.9. The minimum atomic E-state index is -0.753. The second-order valence-corrected chi connectivity index (χ2v) is 9.75. The van der Waals surface area contributed by atoms with Crippen molar-refractivity contribution in [3.8, 4) is 0 Å². The van der Waals surface area contributed by atoms with Crippen molar-refractivity contribution in [1.29, 1.82) is 0 Å². The van der Waals surface area contributed by atoms with Crippen molar-refractivity contribution in [1.82, 2.24) is 4.98 Å². The van der Waals surface area contributed by atoms with E-state index in [0.717, 1.165) is 16.2 Å². The molecule has 3 aromatic rings. The summed E-state index contributed by atoms with van der Waals surface area (Å²) in [6.45, 7) is 1.94. The number of H-pyrrole nitrogens is 1. The highest BCUT2D eigenvalue weighted by atomic mass is 32.2. The van der Waals surface area contributed by atoms with Gasteiger partial charge in [-0.3, -0.25) is 14.4 Å². The average molecular weight is 485 g/mol. The summed E-state index contributed by atoms with van der Waals surface area (Å²) in [7, 11) is 0. The monoisotopic (exact) mass is 484 g/mol. The minimum Gasteiger partial charge on any atom is -0.462 e. The molecule has 2 aliphatic rings. The number of esters is 1. The zero-order chi connectivity index (χ0) is 23.3. The van der Waals surface area contributed by atoms with E-state index in [9.17, 15) is 23.6 Å². The molecule has 3 heterocycles. The van der Waals surface area contributed by atoms with Gasteiger partial charge in [-0.2, -0.15) is 0 Å². The highest BCUT2D eigenvalue weighted by Gasteiger charge is 2.56. The van der Waals surface area contributed by atoms with Crippen LogP contribution in [0.15, 0.2) is 58.4 Å². The Morgan fingerprint density at radius 2 is 1.76 bits per heavy atom. The van der Waals surface area contributed by atoms with Crippen molar-refractivity contribution in [2.24, 2.45) is 5.92 Å². The van der Waals surface area contributed by atoms with Crippen LogP contribution < -0.4 is 9.77 Å². The Morgan fingerprint density at radius 3 is 2.42 bits per heavy atom. The van der Waals surface area contributed by atoms with Gasteiger partial charge in [0.1, 0.15) is 11.1 Å². The summed E-state index contributed by atoms with van der Waals surface area (Å²) in [6, 6.07) is 11.8. The van der Waals surface area contributed by atoms with Gasteiger partial charge in [0.15, 0.2) is 0 Å². The van der Waals surface area contributed by atoms with Crippen LogP contribution in [0, 0.1) is 11.7 Å². The number of imide groups is 1. The Labute approximate surface area is 195 Å². The molecule has 10 heteroatoms. The van der Waals surface area contributed by atoms with Crippen LogP contribution in [-0.2, 0) is 14.3 Å². The predicted molar refractivity (Wildman–Crippen MR) is 121 cm³/mol. The van der Waals surface area contributed by atoms with Gasteiger partial charge in [-0.15, -0.1) is 0 Å². The van der Waals surface area contributed by atoms with Crippen molar-refractivity contribution in [3.05, 3.63) is 80.0 Å². The molecular weight excluding hydrogens is 467 g/mol. The molecule has 1 saturated heterocycles. The molecule has 0 saturated carbocycles. The maximum Gasteiger partial charge on any atom is 0.338 e. The SMILES string of the molecule is CCOC(=O)c1ccc(N2C(=O)C3Sc4[nH]c(=O)sc4[C@H](c4ccc(F)cc4)C3C2=O)cc1. The molecule has 1 N–H and O–H groups in total. The molecule has 2 aliphatic heterocycles. The smallest absolute Gasteiger partial charge is 0.338 e. The molecule has 0 aliphatic carbocycles. The molecule has 33 heavy (non-hydrogen) atoms. The number of carbonyl (C=O) groups is 3. The van der Waals surface area contributed by atoms with E-state index >= 15 is 0 Å². The number of hydrogen-bond donors (Lipinski definition) is 1. The molecule has 2 aromatic carbocycles. The van der Waals surface area contributed by atoms with E-state index in [1.807, 2.05) is 0 Å². The highest BCUT2D eigenvalue weighted by Crippen LogP contribution is 2.53. The van der Waals surface area contributed by atoms with Crippen molar-refractivity contribution in [2.75, 3.05) is 11.5 Å². The number of aromatic nitrogens is 1. The lowest BCUT2D eigenvalue weighted by atomic mass is 9.83. The number of amides is 2. The molecule has 168 valence electrons. The number of carbonyl (C=O) groups excluding carboxylic acids is 3. The molecule has 0 spiro atoms. The van der Waals surface area contributed by atoms with Crippen LogP contribution in [0.4, 0.5) is 10.1 Å². The van der Waals surface area contributed by atoms with E-state index in [1.165, 1.54) is 48.2 Å². The van der Waals surface area contributed by atoms with Gasteiger partial charge in [-0.05, 0) is 48.9 Å². The first-order valence-electron chi connectivity index (χ1n) is 10.2. The van der Waals surface area contributed by atoms with E-state index < -0.39 is 40.7 Å². The Morgan fingerprint density at radius 1 is 1.06 bits per heavy atom. The third-order valence-electron chi connectivity index (χ3n) is 5.69. The molecule has 1 fully saturated rings. The first kappa shape index (κ1) is 21.6. The predicted octanol–water partition coefficient (Wildman–Crippen LogP) is 3.55. The van der Waals surface area contributed by atoms with Gasteiger partial charge in [0.2, 0.25) is 11.8 Å². The van der Waals surface area contributed by atoms with Gasteiger partial charge in [-0.25, -0.2) is 14.1 Å². The Kier molecular flexibility index (Phi) is 5.41. The molecule has 2 amide bonds. The molecule has 1 aromatic heterocycles. The summed E-state index contributed by atoms with van der Waals surface area (Å²) in [5.74, 6) is -3.02. The maximum atomic E-state index is 13.6. The summed E-state index contributed by atoms with van der Waals surface area (Å²) in [5.41, 5.74) is 1.32. The summed E-state index contributed by atoms with van der Waals surface area (Å²) in [4.78, 5) is 55.2. The van der Waals surface area contributed by atoms with Gasteiger partial charge < -0.3 is 9.72 Å². The van der Waals surface area contributed by atoms with E-state index in [4.69, 9.17) is 4.74 Å². The second kappa shape index (κ2) is 8.27. The fourth-order valence-electron chi connectivity index (χ4n) is 4.26. The van der Waals surface area contributed by atoms with Crippen LogP contribution in [0.2, 0.25) is 0 Å². The van der Waals surface area contributed by atoms with Crippen LogP contribution in [0.25, 0.3) is 0 Å². The number of hydrogen-bond acceptors (Lipinski definition) is 7. The van der Waals surface area contributed by atoms with Crippen molar-refractivity contribution >= 4 is 46.6 Å². The Hall–Kier alpha value is -3.24. The van der Waals surface area contributed by atoms with Crippen LogP contribution in [-0.4, -0.2) is 34.6 Å². The highest BCUT2D eigenvalue weighted by molar-refractivity contribution is 8.00. The van der Waals surface area contributed by atoms with E-state index in [0.29, 0.717) is 26.7 Å². The Bertz CT molecular complexity index is 1320. The van der Waals surface area contributed by atoms with E-state index in [1.54, 1.807) is 19.1 Å². The van der Waals surface area contributed by atoms with Gasteiger partial charge in [0.25, 0.3) is 0 Å². The lowest BCUT2D eigenvalue weighted by Crippen LogP contribution is -2.32. The summed E-state index contributed by atoms with van der Waals surface area (Å²) in [5, 5.41) is -0.184. The zero-order valence-electron chi connectivity index (χ0n) is 17.2. The van der Waals surface area contributed by atoms with Crippen LogP contribution in [0.5, 0.6) is 0 Å². The fraction of sp³-hybridized carbons (Fsp3) is 0.217. The number of nitrogens with zero attached hydrogens (tertiary/aromatic N) is 1. The summed E-state index contributed by atoms with van der Waals surface area (Å²) >= 11 is 2.17. The topological polar surface area (TPSA) is 96.5 Å². The number of ether oxygens (including phenoxy) is 1. The molecule has 2 unspecified atom stereocenters. The minimum absolute atomic E-state index is 0.237. The second-order valence-electron chi connectivity index (χ2n) is 7.58. The molecule has 5 rings (SSSR count). The summed E-state index contributed by atoms with van der Waals surface area (Å²) in [6.07, 6.45) is 0. The van der Waals surface area contributed by atoms with E-state index in [-0.39, 0.29) is 11.5 Å². The largest absolute Gasteiger partial charge is 0.462 e. The van der Waals surface area contributed by atoms with Crippen molar-refractivity contribution in [3.63, 3.8) is 0 Å². The Balaban J connectivity index is 1.54. The maximum absolute atomic E-state index is 13.6. The van der Waals surface area contributed by atoms with E-state index in [2.05, 4.69) is 4.98 Å². The quantitative estimate of drug-likeness (QED) is 0.450. The number of rotatable bonds is 4. The molecule has 0 radical (unpaired) electrons. The number of benzene rings is 2. The molecular formula is C23H17FN2O5S2. The third-order valence-corrected chi connectivity index (χ3v) is 8.09. The first-order chi connectivity index (χ1) is 15.9. The number of nitrogens with one attached hydrogen (secondary N) is 1. The number of halogens is 1. The molecule has 7 nitrogen and oxygen atoms in total. The lowest BCUT2D eigenvalue weighted by molar-refractivity contribution is -0.122. The standard InChI is InChI=1S/C23H17FN2O5S2/c1-2-31-22(29)12-5-9-14(10-6-12)26-20(27)16-15(11-3-7-13(24)8-4-11)17-19(25-23(30)33-17)32-18(16)21(26)28/h3-10,15-16,18H,2H2,1H3,(H,25,30)/t15-,16?,18?/m1/s1. The van der Waals surface area contributed by atoms with Crippen molar-refractivity contribution in [2.45, 2.75) is 23.1 Å². The van der Waals surface area contributed by atoms with Crippen molar-refractivity contribution < 1.29 is 23.5 Å². The average Bonchev–Trinajstić information content (AvgIpc) is 3.29. The summed E-state index contributed by atoms with van der Waals surface area (Å²) < 4.78 is 18.5. The van der Waals surface area contributed by atoms with Gasteiger partial charge in [0, 0.05) is 10.8 Å². The van der Waals surface area contributed by atoms with Gasteiger partial charge in [0.05, 0.1) is 28.8 Å². The molecule has 0 bridgehead atoms. The van der Waals surface area contributed by atoms with Crippen LogP contribution >= 0.6 is 23.1 Å². The van der Waals surface area contributed by atoms with Crippen LogP contribution in [0.1, 0.15) is 33.6 Å². The number of anilines is 1. The number of fused-ring (bicyclic) bond motifs is 2. The number of thiazole rings is 1. The van der Waals surface area contributed by atoms with Crippen LogP contribution in [0.3, 0.4) is 0 Å². The fourth-order valence-corrected chi connectivity index (χ4v) is 6.78. The van der Waals surface area contributed by atoms with Gasteiger partial charge >= 0.3 is 10.8 Å². The normalized spacial score (nSPS) is 21.6. The number of thioether (sulfide) groups is 1. The van der Waals surface area contributed by atoms with Gasteiger partial charge in [-0.1, -0.05) is 35.2 Å².